The van der Waals surface area contributed by atoms with Gasteiger partial charge in [0.15, 0.2) is 0 Å². The fourth-order valence-electron chi connectivity index (χ4n) is 1.59. The second-order valence-corrected chi connectivity index (χ2v) is 5.09. The Bertz CT molecular complexity index is 209. The summed E-state index contributed by atoms with van der Waals surface area (Å²) >= 11 is 0. The number of hydrogen-bond donors (Lipinski definition) is 1. The molecule has 0 aromatic heterocycles. The molecule has 0 fully saturated rings. The molecule has 94 valence electrons. The van der Waals surface area contributed by atoms with Gasteiger partial charge in [0.1, 0.15) is 0 Å². The molecular weight excluding hydrogens is 194 g/mol. The van der Waals surface area contributed by atoms with E-state index in [1.54, 1.807) is 0 Å². The average molecular weight is 223 g/mol. The number of hydrogen-bond acceptors (Lipinski definition) is 1. The highest BCUT2D eigenvalue weighted by molar-refractivity contribution is 5.06. The molecule has 0 aliphatic heterocycles. The minimum Gasteiger partial charge on any atom is -0.391 e. The molecule has 0 radical (unpaired) electrons. The molecule has 0 aliphatic carbocycles. The first-order chi connectivity index (χ1) is 7.57. The Morgan fingerprint density at radius 2 is 1.88 bits per heavy atom. The van der Waals surface area contributed by atoms with E-state index in [4.69, 9.17) is 0 Å². The predicted octanol–water partition coefficient (Wildman–Crippen LogP) is 4.52. The first-order valence-corrected chi connectivity index (χ1v) is 6.63. The largest absolute Gasteiger partial charge is 0.391 e. The molecule has 1 heteroatoms. The minimum atomic E-state index is 0.559. The molecule has 0 saturated carbocycles. The normalized spacial score (nSPS) is 13.1. The fourth-order valence-corrected chi connectivity index (χ4v) is 1.59. The van der Waals surface area contributed by atoms with Crippen LogP contribution in [-0.2, 0) is 0 Å². The third-order valence-corrected chi connectivity index (χ3v) is 2.66. The van der Waals surface area contributed by atoms with Gasteiger partial charge < -0.3 is 5.32 Å². The first kappa shape index (κ1) is 15.3. The van der Waals surface area contributed by atoms with E-state index in [9.17, 15) is 0 Å². The second-order valence-electron chi connectivity index (χ2n) is 5.09. The molecule has 1 unspecified atom stereocenters. The number of nitrogens with one attached hydrogen (secondary N) is 1. The van der Waals surface area contributed by atoms with Gasteiger partial charge in [-0.15, -0.1) is 0 Å². The molecule has 0 rings (SSSR count). The summed E-state index contributed by atoms with van der Waals surface area (Å²) < 4.78 is 0. The van der Waals surface area contributed by atoms with Crippen molar-refractivity contribution >= 4 is 0 Å². The van der Waals surface area contributed by atoms with Crippen LogP contribution in [0.25, 0.3) is 0 Å². The lowest BCUT2D eigenvalue weighted by atomic mass is 9.94. The maximum absolute atomic E-state index is 3.37. The lowest BCUT2D eigenvalue weighted by Crippen LogP contribution is -2.09. The van der Waals surface area contributed by atoms with Crippen molar-refractivity contribution in [2.75, 3.05) is 6.54 Å². The molecular formula is C15H29N. The van der Waals surface area contributed by atoms with Crippen molar-refractivity contribution in [2.24, 2.45) is 11.8 Å². The zero-order valence-corrected chi connectivity index (χ0v) is 11.7. The van der Waals surface area contributed by atoms with Crippen LogP contribution in [0, 0.1) is 11.8 Å². The third kappa shape index (κ3) is 8.58. The van der Waals surface area contributed by atoms with Gasteiger partial charge >= 0.3 is 0 Å². The van der Waals surface area contributed by atoms with Crippen molar-refractivity contribution in [1.82, 2.24) is 5.32 Å². The Balaban J connectivity index is 3.91. The maximum Gasteiger partial charge on any atom is 0.0141 e. The zero-order valence-electron chi connectivity index (χ0n) is 11.7. The van der Waals surface area contributed by atoms with Crippen molar-refractivity contribution in [3.05, 3.63) is 23.9 Å². The van der Waals surface area contributed by atoms with Crippen molar-refractivity contribution in [2.45, 2.75) is 53.9 Å². The van der Waals surface area contributed by atoms with Crippen LogP contribution in [0.1, 0.15) is 53.9 Å². The van der Waals surface area contributed by atoms with E-state index >= 15 is 0 Å². The van der Waals surface area contributed by atoms with E-state index in [-0.39, 0.29) is 0 Å². The van der Waals surface area contributed by atoms with Gasteiger partial charge in [0, 0.05) is 6.54 Å². The highest BCUT2D eigenvalue weighted by Crippen LogP contribution is 2.15. The van der Waals surface area contributed by atoms with Crippen LogP contribution in [0.2, 0.25) is 0 Å². The molecule has 0 bridgehead atoms. The lowest BCUT2D eigenvalue weighted by Gasteiger charge is -2.13. The number of rotatable bonds is 8. The molecule has 1 nitrogen and oxygen atoms in total. The van der Waals surface area contributed by atoms with Crippen LogP contribution < -0.4 is 5.32 Å². The van der Waals surface area contributed by atoms with Crippen molar-refractivity contribution in [3.8, 4) is 0 Å². The van der Waals surface area contributed by atoms with Gasteiger partial charge in [-0.2, -0.15) is 0 Å². The van der Waals surface area contributed by atoms with Crippen LogP contribution >= 0.6 is 0 Å². The molecule has 0 saturated heterocycles. The van der Waals surface area contributed by atoms with Crippen molar-refractivity contribution < 1.29 is 0 Å². The SMILES string of the molecule is CCCCCN/C=C\C(C=C(C)C)C(C)C. The van der Waals surface area contributed by atoms with E-state index < -0.39 is 0 Å². The van der Waals surface area contributed by atoms with E-state index in [2.05, 4.69) is 58.3 Å². The monoisotopic (exact) mass is 223 g/mol. The van der Waals surface area contributed by atoms with E-state index in [0.29, 0.717) is 11.8 Å². The highest BCUT2D eigenvalue weighted by Gasteiger charge is 2.05. The van der Waals surface area contributed by atoms with Gasteiger partial charge in [-0.05, 0) is 38.3 Å². The smallest absolute Gasteiger partial charge is 0.0141 e. The summed E-state index contributed by atoms with van der Waals surface area (Å²) in [5, 5.41) is 3.37. The molecule has 0 aromatic rings. The molecule has 16 heavy (non-hydrogen) atoms. The van der Waals surface area contributed by atoms with Gasteiger partial charge in [-0.3, -0.25) is 0 Å². The molecule has 0 spiro atoms. The van der Waals surface area contributed by atoms with Crippen LogP contribution in [0.4, 0.5) is 0 Å². The van der Waals surface area contributed by atoms with Crippen LogP contribution in [0.3, 0.4) is 0 Å². The Morgan fingerprint density at radius 3 is 2.38 bits per heavy atom. The Morgan fingerprint density at radius 1 is 1.19 bits per heavy atom. The predicted molar refractivity (Wildman–Crippen MR) is 74.4 cm³/mol. The summed E-state index contributed by atoms with van der Waals surface area (Å²) in [4.78, 5) is 0. The number of allylic oxidation sites excluding steroid dienone is 3. The van der Waals surface area contributed by atoms with Crippen LogP contribution in [0.5, 0.6) is 0 Å². The molecule has 0 aromatic carbocycles. The highest BCUT2D eigenvalue weighted by atomic mass is 14.8. The summed E-state index contributed by atoms with van der Waals surface area (Å²) in [5.74, 6) is 1.23. The molecule has 0 amide bonds. The van der Waals surface area contributed by atoms with E-state index in [1.165, 1.54) is 24.8 Å². The second kappa shape index (κ2) is 9.50. The van der Waals surface area contributed by atoms with E-state index in [1.807, 2.05) is 0 Å². The van der Waals surface area contributed by atoms with Crippen LogP contribution in [-0.4, -0.2) is 6.54 Å². The maximum atomic E-state index is 3.37. The van der Waals surface area contributed by atoms with Gasteiger partial charge in [-0.25, -0.2) is 0 Å². The topological polar surface area (TPSA) is 12.0 Å². The summed E-state index contributed by atoms with van der Waals surface area (Å²) in [7, 11) is 0. The summed E-state index contributed by atoms with van der Waals surface area (Å²) in [5.41, 5.74) is 1.40. The van der Waals surface area contributed by atoms with Gasteiger partial charge in [0.2, 0.25) is 0 Å². The van der Waals surface area contributed by atoms with Crippen molar-refractivity contribution in [3.63, 3.8) is 0 Å². The number of unbranched alkanes of at least 4 members (excludes halogenated alkanes) is 2. The quantitative estimate of drug-likeness (QED) is 0.471. The van der Waals surface area contributed by atoms with Gasteiger partial charge in [0.25, 0.3) is 0 Å². The lowest BCUT2D eigenvalue weighted by molar-refractivity contribution is 0.544. The van der Waals surface area contributed by atoms with Crippen LogP contribution in [0.15, 0.2) is 23.9 Å². The van der Waals surface area contributed by atoms with E-state index in [0.717, 1.165) is 6.54 Å². The van der Waals surface area contributed by atoms with Gasteiger partial charge in [0.05, 0.1) is 0 Å². The summed E-state index contributed by atoms with van der Waals surface area (Å²) in [6.45, 7) is 12.2. The Hall–Kier alpha value is -0.720. The zero-order chi connectivity index (χ0) is 12.4. The summed E-state index contributed by atoms with van der Waals surface area (Å²) in [6, 6.07) is 0. The minimum absolute atomic E-state index is 0.559. The third-order valence-electron chi connectivity index (χ3n) is 2.66. The standard InChI is InChI=1S/C15H29N/c1-6-7-8-10-16-11-9-15(14(4)5)12-13(2)3/h9,11-12,14-16H,6-8,10H2,1-5H3/b11-9-. The molecule has 1 N–H and O–H groups in total. The Labute approximate surface area is 102 Å². The summed E-state index contributed by atoms with van der Waals surface area (Å²) in [6.07, 6.45) is 10.6. The Kier molecular flexibility index (Phi) is 9.07. The molecule has 0 heterocycles. The fraction of sp³-hybridized carbons (Fsp3) is 0.733. The van der Waals surface area contributed by atoms with Gasteiger partial charge in [-0.1, -0.05) is 51.3 Å². The van der Waals surface area contributed by atoms with Crippen molar-refractivity contribution in [1.29, 1.82) is 0 Å². The first-order valence-electron chi connectivity index (χ1n) is 6.63. The molecule has 1 atom stereocenters. The average Bonchev–Trinajstić information content (AvgIpc) is 2.20. The molecule has 0 aliphatic rings.